The molecule has 0 heterocycles. The van der Waals surface area contributed by atoms with Gasteiger partial charge < -0.3 is 9.64 Å². The summed E-state index contributed by atoms with van der Waals surface area (Å²) in [5, 5.41) is 0. The van der Waals surface area contributed by atoms with Gasteiger partial charge >= 0.3 is 0 Å². The number of ether oxygens (including phenoxy) is 1. The summed E-state index contributed by atoms with van der Waals surface area (Å²) < 4.78 is 5.26. The fourth-order valence-electron chi connectivity index (χ4n) is 2.86. The quantitative estimate of drug-likeness (QED) is 0.682. The van der Waals surface area contributed by atoms with E-state index in [9.17, 15) is 4.79 Å². The number of carbonyl (C=O) groups excluding carboxylic acids is 1. The largest absolute Gasteiger partial charge is 0.497 e. The first-order valence-corrected chi connectivity index (χ1v) is 8.22. The second-order valence-electron chi connectivity index (χ2n) is 5.92. The van der Waals surface area contributed by atoms with Crippen molar-refractivity contribution in [2.45, 2.75) is 6.54 Å². The van der Waals surface area contributed by atoms with Gasteiger partial charge in [-0.1, -0.05) is 60.7 Å². The highest BCUT2D eigenvalue weighted by molar-refractivity contribution is 6.00. The van der Waals surface area contributed by atoms with Gasteiger partial charge in [0.15, 0.2) is 0 Å². The highest BCUT2D eigenvalue weighted by Crippen LogP contribution is 2.25. The molecule has 3 heteroatoms. The molecule has 0 unspecified atom stereocenters. The minimum atomic E-state index is 0.00210. The number of hydrogen-bond acceptors (Lipinski definition) is 2. The first kappa shape index (κ1) is 16.8. The van der Waals surface area contributed by atoms with Gasteiger partial charge in [0.25, 0.3) is 5.91 Å². The van der Waals surface area contributed by atoms with Gasteiger partial charge in [-0.3, -0.25) is 4.79 Å². The van der Waals surface area contributed by atoms with Crippen molar-refractivity contribution < 1.29 is 9.53 Å². The Kier molecular flexibility index (Phi) is 5.14. The van der Waals surface area contributed by atoms with Gasteiger partial charge in [0.2, 0.25) is 0 Å². The summed E-state index contributed by atoms with van der Waals surface area (Å²) in [5.74, 6) is 0.797. The van der Waals surface area contributed by atoms with Crippen molar-refractivity contribution in [3.63, 3.8) is 0 Å². The minimum Gasteiger partial charge on any atom is -0.497 e. The zero-order valence-corrected chi connectivity index (χ0v) is 14.5. The fourth-order valence-corrected chi connectivity index (χ4v) is 2.86. The second kappa shape index (κ2) is 7.67. The normalized spacial score (nSPS) is 10.3. The van der Waals surface area contributed by atoms with Crippen molar-refractivity contribution in [1.29, 1.82) is 0 Å². The van der Waals surface area contributed by atoms with Gasteiger partial charge in [-0.05, 0) is 34.9 Å². The maximum Gasteiger partial charge on any atom is 0.254 e. The van der Waals surface area contributed by atoms with E-state index in [-0.39, 0.29) is 5.91 Å². The molecule has 0 aliphatic carbocycles. The molecule has 25 heavy (non-hydrogen) atoms. The van der Waals surface area contributed by atoms with Crippen LogP contribution in [0.5, 0.6) is 5.75 Å². The molecule has 0 atom stereocenters. The Hall–Kier alpha value is -3.07. The zero-order valence-electron chi connectivity index (χ0n) is 14.5. The van der Waals surface area contributed by atoms with Crippen LogP contribution in [0.2, 0.25) is 0 Å². The van der Waals surface area contributed by atoms with E-state index in [4.69, 9.17) is 4.74 Å². The first-order chi connectivity index (χ1) is 12.2. The Morgan fingerprint density at radius 1 is 0.920 bits per heavy atom. The number of benzene rings is 3. The predicted octanol–water partition coefficient (Wildman–Crippen LogP) is 4.63. The monoisotopic (exact) mass is 331 g/mol. The van der Waals surface area contributed by atoms with Crippen LogP contribution in [0.15, 0.2) is 78.9 Å². The molecule has 0 aliphatic rings. The number of amides is 1. The first-order valence-electron chi connectivity index (χ1n) is 8.22. The van der Waals surface area contributed by atoms with Crippen molar-refractivity contribution in [3.8, 4) is 16.9 Å². The third kappa shape index (κ3) is 3.89. The van der Waals surface area contributed by atoms with Crippen molar-refractivity contribution in [2.75, 3.05) is 14.2 Å². The molecule has 0 fully saturated rings. The molecule has 0 saturated carbocycles. The molecule has 0 aliphatic heterocycles. The predicted molar refractivity (Wildman–Crippen MR) is 101 cm³/mol. The van der Waals surface area contributed by atoms with E-state index in [2.05, 4.69) is 0 Å². The summed E-state index contributed by atoms with van der Waals surface area (Å²) in [6.45, 7) is 0.527. The number of hydrogen-bond donors (Lipinski definition) is 0. The maximum atomic E-state index is 13.0. The average Bonchev–Trinajstić information content (AvgIpc) is 2.68. The van der Waals surface area contributed by atoms with E-state index in [1.54, 1.807) is 12.0 Å². The Morgan fingerprint density at radius 2 is 1.64 bits per heavy atom. The van der Waals surface area contributed by atoms with Crippen LogP contribution in [0.4, 0.5) is 0 Å². The summed E-state index contributed by atoms with van der Waals surface area (Å²) >= 11 is 0. The average molecular weight is 331 g/mol. The topological polar surface area (TPSA) is 29.5 Å². The lowest BCUT2D eigenvalue weighted by Gasteiger charge is -2.19. The maximum absolute atomic E-state index is 13.0. The van der Waals surface area contributed by atoms with E-state index >= 15 is 0 Å². The van der Waals surface area contributed by atoms with E-state index in [1.807, 2.05) is 85.9 Å². The third-order valence-corrected chi connectivity index (χ3v) is 4.14. The molecule has 3 aromatic rings. The summed E-state index contributed by atoms with van der Waals surface area (Å²) in [7, 11) is 3.47. The van der Waals surface area contributed by atoms with Crippen LogP contribution in [0.25, 0.3) is 11.1 Å². The molecule has 3 aromatic carbocycles. The van der Waals surface area contributed by atoms with Gasteiger partial charge in [0.05, 0.1) is 7.11 Å². The lowest BCUT2D eigenvalue weighted by molar-refractivity contribution is 0.0785. The van der Waals surface area contributed by atoms with Crippen LogP contribution in [0.1, 0.15) is 15.9 Å². The molecule has 3 rings (SSSR count). The van der Waals surface area contributed by atoms with E-state index < -0.39 is 0 Å². The van der Waals surface area contributed by atoms with Crippen molar-refractivity contribution in [2.24, 2.45) is 0 Å². The highest BCUT2D eigenvalue weighted by atomic mass is 16.5. The smallest absolute Gasteiger partial charge is 0.254 e. The molecule has 3 nitrogen and oxygen atoms in total. The minimum absolute atomic E-state index is 0.00210. The van der Waals surface area contributed by atoms with Gasteiger partial charge in [0.1, 0.15) is 5.75 Å². The van der Waals surface area contributed by atoms with Crippen molar-refractivity contribution >= 4 is 5.91 Å². The van der Waals surface area contributed by atoms with E-state index in [0.717, 1.165) is 22.4 Å². The van der Waals surface area contributed by atoms with Crippen LogP contribution in [0.3, 0.4) is 0 Å². The second-order valence-corrected chi connectivity index (χ2v) is 5.92. The van der Waals surface area contributed by atoms with Crippen LogP contribution in [-0.2, 0) is 6.54 Å². The lowest BCUT2D eigenvalue weighted by atomic mass is 9.99. The summed E-state index contributed by atoms with van der Waals surface area (Å²) in [6, 6.07) is 25.5. The standard InChI is InChI=1S/C22H21NO2/c1-23(16-17-9-8-12-19(15-17)25-2)22(24)21-14-7-6-13-20(21)18-10-4-3-5-11-18/h3-15H,16H2,1-2H3. The summed E-state index contributed by atoms with van der Waals surface area (Å²) in [6.07, 6.45) is 0. The van der Waals surface area contributed by atoms with E-state index in [1.165, 1.54) is 0 Å². The highest BCUT2D eigenvalue weighted by Gasteiger charge is 2.16. The summed E-state index contributed by atoms with van der Waals surface area (Å²) in [4.78, 5) is 14.7. The lowest BCUT2D eigenvalue weighted by Crippen LogP contribution is -2.26. The van der Waals surface area contributed by atoms with Crippen molar-refractivity contribution in [1.82, 2.24) is 4.90 Å². The van der Waals surface area contributed by atoms with Crippen molar-refractivity contribution in [3.05, 3.63) is 90.0 Å². The SMILES string of the molecule is COc1cccc(CN(C)C(=O)c2ccccc2-c2ccccc2)c1. The number of nitrogens with zero attached hydrogens (tertiary/aromatic N) is 1. The number of methoxy groups -OCH3 is 1. The molecule has 1 amide bonds. The van der Waals surface area contributed by atoms with Crippen LogP contribution < -0.4 is 4.74 Å². The molecule has 126 valence electrons. The fraction of sp³-hybridized carbons (Fsp3) is 0.136. The molecule has 0 radical (unpaired) electrons. The number of carbonyl (C=O) groups is 1. The Labute approximate surface area is 148 Å². The van der Waals surface area contributed by atoms with E-state index in [0.29, 0.717) is 12.1 Å². The third-order valence-electron chi connectivity index (χ3n) is 4.14. The van der Waals surface area contributed by atoms with Crippen LogP contribution >= 0.6 is 0 Å². The van der Waals surface area contributed by atoms with Crippen LogP contribution in [-0.4, -0.2) is 25.0 Å². The van der Waals surface area contributed by atoms with Gasteiger partial charge in [-0.25, -0.2) is 0 Å². The Balaban J connectivity index is 1.85. The molecule has 0 bridgehead atoms. The number of rotatable bonds is 5. The Morgan fingerprint density at radius 3 is 2.40 bits per heavy atom. The van der Waals surface area contributed by atoms with Gasteiger partial charge in [0, 0.05) is 19.2 Å². The van der Waals surface area contributed by atoms with Gasteiger partial charge in [-0.2, -0.15) is 0 Å². The Bertz CT molecular complexity index is 859. The molecule has 0 spiro atoms. The molecule has 0 saturated heterocycles. The van der Waals surface area contributed by atoms with Gasteiger partial charge in [-0.15, -0.1) is 0 Å². The molecular weight excluding hydrogens is 310 g/mol. The molecular formula is C22H21NO2. The van der Waals surface area contributed by atoms with Crippen LogP contribution in [0, 0.1) is 0 Å². The zero-order chi connectivity index (χ0) is 17.6. The molecule has 0 N–H and O–H groups in total. The summed E-state index contributed by atoms with van der Waals surface area (Å²) in [5.41, 5.74) is 3.73. The molecule has 0 aromatic heterocycles.